The summed E-state index contributed by atoms with van der Waals surface area (Å²) in [6.45, 7) is 3.29. The van der Waals surface area contributed by atoms with Gasteiger partial charge in [-0.3, -0.25) is 0 Å². The van der Waals surface area contributed by atoms with E-state index < -0.39 is 0 Å². The maximum Gasteiger partial charge on any atom is 0.127 e. The van der Waals surface area contributed by atoms with Crippen molar-refractivity contribution in [1.82, 2.24) is 5.32 Å². The van der Waals surface area contributed by atoms with Crippen LogP contribution >= 0.6 is 31.9 Å². The van der Waals surface area contributed by atoms with Crippen LogP contribution in [0.5, 0.6) is 0 Å². The minimum atomic E-state index is -0.178. The van der Waals surface area contributed by atoms with Gasteiger partial charge < -0.3 is 5.32 Å². The number of halogens is 3. The molecular weight excluding hydrogens is 373 g/mol. The standard InChI is InChI=1S/C15H14Br2FN/c1-10-6-11(2-4-14(10)17)8-19-9-12-7-13(16)3-5-15(12)18/h2-7,19H,8-9H2,1H3. The first kappa shape index (κ1) is 14.7. The van der Waals surface area contributed by atoms with Crippen LogP contribution in [0, 0.1) is 12.7 Å². The molecule has 100 valence electrons. The first-order chi connectivity index (χ1) is 9.06. The lowest BCUT2D eigenvalue weighted by Gasteiger charge is -2.08. The molecule has 0 bridgehead atoms. The van der Waals surface area contributed by atoms with Crippen molar-refractivity contribution in [3.05, 3.63) is 67.9 Å². The van der Waals surface area contributed by atoms with Crippen LogP contribution in [0.15, 0.2) is 45.3 Å². The Balaban J connectivity index is 1.96. The lowest BCUT2D eigenvalue weighted by molar-refractivity contribution is 0.587. The highest BCUT2D eigenvalue weighted by atomic mass is 79.9. The summed E-state index contributed by atoms with van der Waals surface area (Å²) in [7, 11) is 0. The first-order valence-electron chi connectivity index (χ1n) is 5.96. The Morgan fingerprint density at radius 1 is 1.05 bits per heavy atom. The molecule has 0 saturated carbocycles. The van der Waals surface area contributed by atoms with E-state index in [1.807, 2.05) is 6.07 Å². The van der Waals surface area contributed by atoms with Crippen molar-refractivity contribution < 1.29 is 4.39 Å². The highest BCUT2D eigenvalue weighted by Crippen LogP contribution is 2.18. The normalized spacial score (nSPS) is 10.7. The van der Waals surface area contributed by atoms with E-state index in [4.69, 9.17) is 0 Å². The lowest BCUT2D eigenvalue weighted by atomic mass is 10.1. The Kier molecular flexibility index (Phi) is 5.13. The molecule has 19 heavy (non-hydrogen) atoms. The van der Waals surface area contributed by atoms with Crippen LogP contribution < -0.4 is 5.32 Å². The van der Waals surface area contributed by atoms with Crippen molar-refractivity contribution in [2.24, 2.45) is 0 Å². The Bertz CT molecular complexity index is 584. The summed E-state index contributed by atoms with van der Waals surface area (Å²) >= 11 is 6.83. The van der Waals surface area contributed by atoms with Gasteiger partial charge in [0.1, 0.15) is 5.82 Å². The fourth-order valence-corrected chi connectivity index (χ4v) is 2.49. The number of aryl methyl sites for hydroxylation is 1. The summed E-state index contributed by atoms with van der Waals surface area (Å²) in [6, 6.07) is 11.2. The van der Waals surface area contributed by atoms with Gasteiger partial charge in [0, 0.05) is 27.6 Å². The zero-order chi connectivity index (χ0) is 13.8. The largest absolute Gasteiger partial charge is 0.309 e. The molecule has 2 rings (SSSR count). The molecule has 0 aromatic heterocycles. The van der Waals surface area contributed by atoms with E-state index in [-0.39, 0.29) is 5.82 Å². The Morgan fingerprint density at radius 3 is 2.58 bits per heavy atom. The zero-order valence-electron chi connectivity index (χ0n) is 10.5. The molecule has 0 unspecified atom stereocenters. The quantitative estimate of drug-likeness (QED) is 0.783. The number of hydrogen-bond acceptors (Lipinski definition) is 1. The molecule has 0 aliphatic rings. The minimum absolute atomic E-state index is 0.178. The van der Waals surface area contributed by atoms with Gasteiger partial charge in [-0.2, -0.15) is 0 Å². The molecule has 0 aliphatic heterocycles. The van der Waals surface area contributed by atoms with E-state index in [0.717, 1.165) is 15.5 Å². The molecule has 0 radical (unpaired) electrons. The van der Waals surface area contributed by atoms with Gasteiger partial charge in [0.05, 0.1) is 0 Å². The molecule has 1 nitrogen and oxygen atoms in total. The monoisotopic (exact) mass is 385 g/mol. The smallest absolute Gasteiger partial charge is 0.127 e. The fraction of sp³-hybridized carbons (Fsp3) is 0.200. The van der Waals surface area contributed by atoms with Crippen LogP contribution in [0.1, 0.15) is 16.7 Å². The average molecular weight is 387 g/mol. The van der Waals surface area contributed by atoms with Crippen LogP contribution in [0.3, 0.4) is 0 Å². The van der Waals surface area contributed by atoms with Crippen LogP contribution in [0.4, 0.5) is 4.39 Å². The predicted octanol–water partition coefficient (Wildman–Crippen LogP) is 4.95. The second-order valence-corrected chi connectivity index (χ2v) is 6.19. The number of nitrogens with one attached hydrogen (secondary N) is 1. The van der Waals surface area contributed by atoms with E-state index in [0.29, 0.717) is 12.1 Å². The number of benzene rings is 2. The highest BCUT2D eigenvalue weighted by Gasteiger charge is 2.03. The molecule has 0 saturated heterocycles. The topological polar surface area (TPSA) is 12.0 Å². The zero-order valence-corrected chi connectivity index (χ0v) is 13.7. The summed E-state index contributed by atoms with van der Waals surface area (Å²) < 4.78 is 15.5. The molecule has 2 aromatic carbocycles. The van der Waals surface area contributed by atoms with Crippen molar-refractivity contribution in [1.29, 1.82) is 0 Å². The Labute approximate surface area is 129 Å². The molecule has 0 aliphatic carbocycles. The van der Waals surface area contributed by atoms with E-state index in [1.165, 1.54) is 17.2 Å². The molecular formula is C15H14Br2FN. The summed E-state index contributed by atoms with van der Waals surface area (Å²) in [5, 5.41) is 3.26. The molecule has 4 heteroatoms. The maximum absolute atomic E-state index is 13.5. The third-order valence-corrected chi connectivity index (χ3v) is 4.26. The summed E-state index contributed by atoms with van der Waals surface area (Å²) in [5.41, 5.74) is 3.06. The number of hydrogen-bond donors (Lipinski definition) is 1. The SMILES string of the molecule is Cc1cc(CNCc2cc(Br)ccc2F)ccc1Br. The molecule has 0 amide bonds. The van der Waals surface area contributed by atoms with Crippen molar-refractivity contribution in [2.45, 2.75) is 20.0 Å². The van der Waals surface area contributed by atoms with Crippen LogP contribution in [-0.4, -0.2) is 0 Å². The van der Waals surface area contributed by atoms with E-state index in [1.54, 1.807) is 12.1 Å². The van der Waals surface area contributed by atoms with Crippen LogP contribution in [0.2, 0.25) is 0 Å². The minimum Gasteiger partial charge on any atom is -0.309 e. The van der Waals surface area contributed by atoms with Crippen molar-refractivity contribution in [2.75, 3.05) is 0 Å². The summed E-state index contributed by atoms with van der Waals surface area (Å²) in [6.07, 6.45) is 0. The van der Waals surface area contributed by atoms with Gasteiger partial charge in [-0.15, -0.1) is 0 Å². The summed E-state index contributed by atoms with van der Waals surface area (Å²) in [4.78, 5) is 0. The predicted molar refractivity (Wildman–Crippen MR) is 83.5 cm³/mol. The molecule has 0 fully saturated rings. The molecule has 0 heterocycles. The van der Waals surface area contributed by atoms with Gasteiger partial charge in [0.2, 0.25) is 0 Å². The fourth-order valence-electron chi connectivity index (χ4n) is 1.84. The number of rotatable bonds is 4. The maximum atomic E-state index is 13.5. The van der Waals surface area contributed by atoms with Gasteiger partial charge in [-0.05, 0) is 42.3 Å². The molecule has 0 atom stereocenters. The second kappa shape index (κ2) is 6.64. The van der Waals surface area contributed by atoms with Gasteiger partial charge in [-0.25, -0.2) is 4.39 Å². The summed E-state index contributed by atoms with van der Waals surface area (Å²) in [5.74, 6) is -0.178. The molecule has 0 spiro atoms. The van der Waals surface area contributed by atoms with E-state index in [2.05, 4.69) is 56.2 Å². The van der Waals surface area contributed by atoms with Gasteiger partial charge >= 0.3 is 0 Å². The molecule has 2 aromatic rings. The van der Waals surface area contributed by atoms with E-state index in [9.17, 15) is 4.39 Å². The van der Waals surface area contributed by atoms with Crippen molar-refractivity contribution in [3.8, 4) is 0 Å². The first-order valence-corrected chi connectivity index (χ1v) is 7.54. The third-order valence-electron chi connectivity index (χ3n) is 2.87. The molecule has 1 N–H and O–H groups in total. The van der Waals surface area contributed by atoms with Gasteiger partial charge in [0.25, 0.3) is 0 Å². The second-order valence-electron chi connectivity index (χ2n) is 4.42. The van der Waals surface area contributed by atoms with Gasteiger partial charge in [0.15, 0.2) is 0 Å². The lowest BCUT2D eigenvalue weighted by Crippen LogP contribution is -2.13. The third kappa shape index (κ3) is 4.13. The van der Waals surface area contributed by atoms with Crippen LogP contribution in [-0.2, 0) is 13.1 Å². The Morgan fingerprint density at radius 2 is 1.84 bits per heavy atom. The van der Waals surface area contributed by atoms with E-state index >= 15 is 0 Å². The Hall–Kier alpha value is -0.710. The van der Waals surface area contributed by atoms with Crippen molar-refractivity contribution >= 4 is 31.9 Å². The average Bonchev–Trinajstić information content (AvgIpc) is 2.38. The van der Waals surface area contributed by atoms with Gasteiger partial charge in [-0.1, -0.05) is 44.0 Å². The highest BCUT2D eigenvalue weighted by molar-refractivity contribution is 9.10. The van der Waals surface area contributed by atoms with Crippen molar-refractivity contribution in [3.63, 3.8) is 0 Å². The van der Waals surface area contributed by atoms with Crippen LogP contribution in [0.25, 0.3) is 0 Å².